The maximum Gasteiger partial charge on any atom is 0.307 e. The van der Waals surface area contributed by atoms with E-state index in [1.165, 1.54) is 12.1 Å². The van der Waals surface area contributed by atoms with E-state index in [-0.39, 0.29) is 32.7 Å². The number of aliphatic hydroxyl groups excluding tert-OH is 1. The Hall–Kier alpha value is -3.02. The fraction of sp³-hybridized carbons (Fsp3) is 0.435. The number of nitro groups is 1. The van der Waals surface area contributed by atoms with Crippen LogP contribution in [0.2, 0.25) is 0 Å². The lowest BCUT2D eigenvalue weighted by Gasteiger charge is -2.24. The Morgan fingerprint density at radius 2 is 1.82 bits per heavy atom. The molecular weight excluding hydrogens is 464 g/mol. The first-order valence-electron chi connectivity index (χ1n) is 10.6. The molecule has 0 bridgehead atoms. The van der Waals surface area contributed by atoms with Gasteiger partial charge in [0.05, 0.1) is 18.0 Å². The Balaban J connectivity index is 2.26. The average Bonchev–Trinajstić information content (AvgIpc) is 2.74. The molecule has 0 fully saturated rings. The zero-order valence-corrected chi connectivity index (χ0v) is 20.5. The standard InChI is InChI=1S/C23H30N2O8S/c1-17-13-18(16-26)15-19(14-17)32-12-11-24(10-9-22(27)33-23(2,3)4)34(30,31)21-8-6-5-7-20(21)25(28)29/h5-8,13-15,26H,9-12,16H2,1-4H3. The number of carbonyl (C=O) groups excluding carboxylic acids is 1. The molecular formula is C23H30N2O8S. The number of para-hydroxylation sites is 1. The molecule has 10 nitrogen and oxygen atoms in total. The molecule has 0 amide bonds. The smallest absolute Gasteiger partial charge is 0.307 e. The molecule has 0 aromatic heterocycles. The molecule has 2 aromatic carbocycles. The fourth-order valence-corrected chi connectivity index (χ4v) is 4.77. The van der Waals surface area contributed by atoms with Gasteiger partial charge in [-0.2, -0.15) is 4.31 Å². The summed E-state index contributed by atoms with van der Waals surface area (Å²) in [4.78, 5) is 22.4. The number of hydrogen-bond acceptors (Lipinski definition) is 8. The molecule has 0 radical (unpaired) electrons. The molecule has 0 atom stereocenters. The summed E-state index contributed by atoms with van der Waals surface area (Å²) in [5.41, 5.74) is 0.203. The lowest BCUT2D eigenvalue weighted by atomic mass is 10.1. The third-order valence-electron chi connectivity index (χ3n) is 4.57. The Bertz CT molecular complexity index is 1130. The van der Waals surface area contributed by atoms with Crippen molar-refractivity contribution in [2.24, 2.45) is 0 Å². The van der Waals surface area contributed by atoms with Crippen molar-refractivity contribution in [3.8, 4) is 5.75 Å². The molecule has 186 valence electrons. The van der Waals surface area contributed by atoms with Crippen LogP contribution in [0.4, 0.5) is 5.69 Å². The van der Waals surface area contributed by atoms with Gasteiger partial charge in [0.25, 0.3) is 5.69 Å². The molecule has 0 unspecified atom stereocenters. The maximum absolute atomic E-state index is 13.3. The molecule has 0 spiro atoms. The summed E-state index contributed by atoms with van der Waals surface area (Å²) in [5.74, 6) is -0.151. The number of carbonyl (C=O) groups is 1. The van der Waals surface area contributed by atoms with Crippen LogP contribution in [0.5, 0.6) is 5.75 Å². The van der Waals surface area contributed by atoms with Crippen molar-refractivity contribution in [2.45, 2.75) is 51.2 Å². The number of esters is 1. The van der Waals surface area contributed by atoms with E-state index in [1.54, 1.807) is 39.0 Å². The first-order valence-corrected chi connectivity index (χ1v) is 12.1. The van der Waals surface area contributed by atoms with Gasteiger partial charge in [0.2, 0.25) is 10.0 Å². The number of nitrogens with zero attached hydrogens (tertiary/aromatic N) is 2. The number of aryl methyl sites for hydroxylation is 1. The molecule has 11 heteroatoms. The van der Waals surface area contributed by atoms with E-state index < -0.39 is 37.1 Å². The Morgan fingerprint density at radius 3 is 2.44 bits per heavy atom. The van der Waals surface area contributed by atoms with Crippen LogP contribution in [0, 0.1) is 17.0 Å². The lowest BCUT2D eigenvalue weighted by molar-refractivity contribution is -0.387. The quantitative estimate of drug-likeness (QED) is 0.286. The highest BCUT2D eigenvalue weighted by molar-refractivity contribution is 7.89. The molecule has 1 N–H and O–H groups in total. The highest BCUT2D eigenvalue weighted by Crippen LogP contribution is 2.27. The highest BCUT2D eigenvalue weighted by Gasteiger charge is 2.32. The van der Waals surface area contributed by atoms with Gasteiger partial charge in [-0.1, -0.05) is 18.2 Å². The zero-order chi connectivity index (χ0) is 25.5. The molecule has 2 aromatic rings. The summed E-state index contributed by atoms with van der Waals surface area (Å²) in [6, 6.07) is 10.2. The van der Waals surface area contributed by atoms with E-state index in [9.17, 15) is 28.4 Å². The van der Waals surface area contributed by atoms with Crippen LogP contribution in [0.1, 0.15) is 38.3 Å². The Labute approximate surface area is 199 Å². The molecule has 0 aliphatic rings. The van der Waals surface area contributed by atoms with Crippen LogP contribution in [-0.4, -0.2) is 54.0 Å². The molecule has 34 heavy (non-hydrogen) atoms. The second kappa shape index (κ2) is 11.4. The Kier molecular flexibility index (Phi) is 9.14. The van der Waals surface area contributed by atoms with Crippen molar-refractivity contribution in [3.05, 3.63) is 63.7 Å². The van der Waals surface area contributed by atoms with E-state index in [4.69, 9.17) is 9.47 Å². The molecule has 0 saturated carbocycles. The van der Waals surface area contributed by atoms with Gasteiger partial charge in [-0.3, -0.25) is 14.9 Å². The lowest BCUT2D eigenvalue weighted by Crippen LogP contribution is -2.37. The molecule has 2 rings (SSSR count). The van der Waals surface area contributed by atoms with Crippen LogP contribution in [-0.2, 0) is 26.2 Å². The third kappa shape index (κ3) is 7.79. The van der Waals surface area contributed by atoms with E-state index in [0.717, 1.165) is 22.0 Å². The zero-order valence-electron chi connectivity index (χ0n) is 19.7. The van der Waals surface area contributed by atoms with Gasteiger partial charge in [-0.25, -0.2) is 8.42 Å². The third-order valence-corrected chi connectivity index (χ3v) is 6.51. The molecule has 0 aliphatic carbocycles. The maximum atomic E-state index is 13.3. The largest absolute Gasteiger partial charge is 0.492 e. The van der Waals surface area contributed by atoms with E-state index in [2.05, 4.69) is 0 Å². The van der Waals surface area contributed by atoms with Gasteiger partial charge < -0.3 is 14.6 Å². The van der Waals surface area contributed by atoms with Crippen molar-refractivity contribution in [2.75, 3.05) is 19.7 Å². The number of ether oxygens (including phenoxy) is 2. The number of benzene rings is 2. The minimum absolute atomic E-state index is 0.0809. The predicted molar refractivity (Wildman–Crippen MR) is 125 cm³/mol. The number of sulfonamides is 1. The van der Waals surface area contributed by atoms with Crippen molar-refractivity contribution >= 4 is 21.7 Å². The molecule has 0 aliphatic heterocycles. The fourth-order valence-electron chi connectivity index (χ4n) is 3.19. The number of nitro benzene ring substituents is 1. The van der Waals surface area contributed by atoms with Crippen molar-refractivity contribution in [1.82, 2.24) is 4.31 Å². The summed E-state index contributed by atoms with van der Waals surface area (Å²) >= 11 is 0. The van der Waals surface area contributed by atoms with Gasteiger partial charge in [0, 0.05) is 19.2 Å². The highest BCUT2D eigenvalue weighted by atomic mass is 32.2. The Morgan fingerprint density at radius 1 is 1.15 bits per heavy atom. The van der Waals surface area contributed by atoms with Crippen LogP contribution < -0.4 is 4.74 Å². The van der Waals surface area contributed by atoms with Crippen molar-refractivity contribution in [3.63, 3.8) is 0 Å². The minimum Gasteiger partial charge on any atom is -0.492 e. The summed E-state index contributed by atoms with van der Waals surface area (Å²) in [6.45, 7) is 6.25. The van der Waals surface area contributed by atoms with Gasteiger partial charge in [0.15, 0.2) is 4.90 Å². The summed E-state index contributed by atoms with van der Waals surface area (Å²) in [5, 5.41) is 20.8. The van der Waals surface area contributed by atoms with Crippen molar-refractivity contribution in [1.29, 1.82) is 0 Å². The van der Waals surface area contributed by atoms with E-state index in [1.807, 2.05) is 6.92 Å². The predicted octanol–water partition coefficient (Wildman–Crippen LogP) is 3.20. The van der Waals surface area contributed by atoms with Crippen LogP contribution in [0.3, 0.4) is 0 Å². The molecule has 0 heterocycles. The summed E-state index contributed by atoms with van der Waals surface area (Å²) < 4.78 is 38.6. The second-order valence-corrected chi connectivity index (χ2v) is 10.5. The molecule has 0 saturated heterocycles. The number of hydrogen-bond donors (Lipinski definition) is 1. The van der Waals surface area contributed by atoms with Gasteiger partial charge in [-0.15, -0.1) is 0 Å². The monoisotopic (exact) mass is 494 g/mol. The van der Waals surface area contributed by atoms with Gasteiger partial charge in [-0.05, 0) is 57.0 Å². The van der Waals surface area contributed by atoms with Crippen LogP contribution in [0.25, 0.3) is 0 Å². The first-order chi connectivity index (χ1) is 15.8. The summed E-state index contributed by atoms with van der Waals surface area (Å²) in [7, 11) is -4.33. The number of rotatable bonds is 11. The van der Waals surface area contributed by atoms with Gasteiger partial charge in [0.1, 0.15) is 18.0 Å². The number of aliphatic hydroxyl groups is 1. The van der Waals surface area contributed by atoms with E-state index in [0.29, 0.717) is 11.3 Å². The van der Waals surface area contributed by atoms with Crippen LogP contribution >= 0.6 is 0 Å². The average molecular weight is 495 g/mol. The second-order valence-electron chi connectivity index (χ2n) is 8.63. The van der Waals surface area contributed by atoms with Gasteiger partial charge >= 0.3 is 5.97 Å². The first kappa shape index (κ1) is 27.2. The van der Waals surface area contributed by atoms with Crippen LogP contribution in [0.15, 0.2) is 47.4 Å². The van der Waals surface area contributed by atoms with Crippen molar-refractivity contribution < 1.29 is 32.7 Å². The SMILES string of the molecule is Cc1cc(CO)cc(OCCN(CCC(=O)OC(C)(C)C)S(=O)(=O)c2ccccc2[N+](=O)[O-])c1. The topological polar surface area (TPSA) is 136 Å². The normalized spacial score (nSPS) is 11.9. The summed E-state index contributed by atoms with van der Waals surface area (Å²) in [6.07, 6.45) is -0.240. The van der Waals surface area contributed by atoms with E-state index >= 15 is 0 Å². The minimum atomic E-state index is -4.33.